The second kappa shape index (κ2) is 16.7. The van der Waals surface area contributed by atoms with Gasteiger partial charge in [-0.25, -0.2) is 9.59 Å². The van der Waals surface area contributed by atoms with Crippen LogP contribution in [0.3, 0.4) is 0 Å². The number of carboxylic acids is 2. The van der Waals surface area contributed by atoms with Gasteiger partial charge in [-0.2, -0.15) is 0 Å². The molecule has 8 nitrogen and oxygen atoms in total. The third-order valence-corrected chi connectivity index (χ3v) is 8.70. The van der Waals surface area contributed by atoms with E-state index in [1.54, 1.807) is 12.2 Å². The quantitative estimate of drug-likeness (QED) is 0.0981. The number of ether oxygens (including phenoxy) is 1. The van der Waals surface area contributed by atoms with Crippen LogP contribution < -0.4 is 15.8 Å². The number of rotatable bonds is 11. The van der Waals surface area contributed by atoms with Crippen molar-refractivity contribution in [2.45, 2.75) is 32.1 Å². The molecule has 41 heavy (non-hydrogen) atoms. The standard InChI is InChI=1S/C25H26ClN3O5S2.C4H6.CH4/c26-21-22(34-13-20(30)31)24(25(32)33)36-23(21)16-4-2-6-19(12-16)28-18-7-9-29(10-8-18)35-14-15-3-1-5-17(27)11-15;1-3-4-2;/h1-6,11-12,18,28H,7-10,13-14,27H2,(H,30,31)(H,32,33);3-4H,1-2H2;1H4. The van der Waals surface area contributed by atoms with Crippen LogP contribution in [0.5, 0.6) is 5.75 Å². The summed E-state index contributed by atoms with van der Waals surface area (Å²) >= 11 is 9.21. The summed E-state index contributed by atoms with van der Waals surface area (Å²) < 4.78 is 7.56. The largest absolute Gasteiger partial charge is 0.479 e. The van der Waals surface area contributed by atoms with Crippen molar-refractivity contribution in [2.75, 3.05) is 30.7 Å². The van der Waals surface area contributed by atoms with Crippen LogP contribution >= 0.6 is 34.9 Å². The number of nitrogens with one attached hydrogen (secondary N) is 1. The van der Waals surface area contributed by atoms with E-state index >= 15 is 0 Å². The molecular weight excluding hydrogens is 582 g/mol. The van der Waals surface area contributed by atoms with E-state index in [0.29, 0.717) is 10.9 Å². The minimum atomic E-state index is -1.22. The second-order valence-electron chi connectivity index (χ2n) is 8.81. The molecule has 11 heteroatoms. The lowest BCUT2D eigenvalue weighted by atomic mass is 10.1. The van der Waals surface area contributed by atoms with Crippen molar-refractivity contribution >= 4 is 58.2 Å². The summed E-state index contributed by atoms with van der Waals surface area (Å²) in [5, 5.41) is 22.1. The van der Waals surface area contributed by atoms with E-state index in [9.17, 15) is 14.7 Å². The number of aliphatic carboxylic acids is 1. The Labute approximate surface area is 254 Å². The van der Waals surface area contributed by atoms with Gasteiger partial charge in [0.2, 0.25) is 0 Å². The first kappa shape index (κ1) is 33.8. The van der Waals surface area contributed by atoms with Gasteiger partial charge in [0, 0.05) is 36.3 Å². The Bertz CT molecular complexity index is 1330. The van der Waals surface area contributed by atoms with Crippen LogP contribution in [0.1, 0.15) is 35.5 Å². The smallest absolute Gasteiger partial charge is 0.349 e. The van der Waals surface area contributed by atoms with E-state index in [-0.39, 0.29) is 23.1 Å². The van der Waals surface area contributed by atoms with E-state index in [1.165, 1.54) is 5.56 Å². The number of aromatic carboxylic acids is 1. The Morgan fingerprint density at radius 1 is 1.15 bits per heavy atom. The third-order valence-electron chi connectivity index (χ3n) is 5.82. The Hall–Kier alpha value is -3.44. The third kappa shape index (κ3) is 10.2. The molecule has 1 saturated heterocycles. The molecular formula is C30H36ClN3O5S2. The number of halogens is 1. The SMILES string of the molecule is C.C=CC=C.Nc1cccc(CSN2CCC(Nc3cccc(-c4sc(C(=O)O)c(OCC(=O)O)c4Cl)c3)CC2)c1. The lowest BCUT2D eigenvalue weighted by Crippen LogP contribution is -2.35. The van der Waals surface area contributed by atoms with E-state index < -0.39 is 18.5 Å². The van der Waals surface area contributed by atoms with Crippen LogP contribution in [0.15, 0.2) is 73.8 Å². The number of carboxylic acid groups (broad SMARTS) is 2. The van der Waals surface area contributed by atoms with Crippen LogP contribution in [0.4, 0.5) is 11.4 Å². The molecule has 5 N–H and O–H groups in total. The number of allylic oxidation sites excluding steroid dienone is 2. The van der Waals surface area contributed by atoms with Crippen molar-refractivity contribution in [3.05, 3.63) is 89.3 Å². The summed E-state index contributed by atoms with van der Waals surface area (Å²) in [6.07, 6.45) is 5.26. The summed E-state index contributed by atoms with van der Waals surface area (Å²) in [6.45, 7) is 7.98. The maximum absolute atomic E-state index is 11.7. The lowest BCUT2D eigenvalue weighted by molar-refractivity contribution is -0.139. The number of carbonyl (C=O) groups is 2. The molecule has 1 aromatic heterocycles. The van der Waals surface area contributed by atoms with Crippen molar-refractivity contribution in [2.24, 2.45) is 0 Å². The van der Waals surface area contributed by atoms with Crippen molar-refractivity contribution in [3.8, 4) is 16.2 Å². The van der Waals surface area contributed by atoms with Crippen LogP contribution in [-0.4, -0.2) is 52.2 Å². The summed E-state index contributed by atoms with van der Waals surface area (Å²) in [5.74, 6) is -1.66. The molecule has 220 valence electrons. The predicted octanol–water partition coefficient (Wildman–Crippen LogP) is 7.53. The Morgan fingerprint density at radius 2 is 1.83 bits per heavy atom. The predicted molar refractivity (Wildman–Crippen MR) is 172 cm³/mol. The van der Waals surface area contributed by atoms with Crippen molar-refractivity contribution in [1.82, 2.24) is 4.31 Å². The van der Waals surface area contributed by atoms with Gasteiger partial charge in [-0.1, -0.05) is 80.6 Å². The summed E-state index contributed by atoms with van der Waals surface area (Å²) in [4.78, 5) is 22.9. The van der Waals surface area contributed by atoms with E-state index in [1.807, 2.05) is 54.4 Å². The number of benzene rings is 2. The van der Waals surface area contributed by atoms with Crippen LogP contribution in [-0.2, 0) is 10.5 Å². The van der Waals surface area contributed by atoms with E-state index in [0.717, 1.165) is 60.0 Å². The highest BCUT2D eigenvalue weighted by atomic mass is 35.5. The van der Waals surface area contributed by atoms with E-state index in [2.05, 4.69) is 28.8 Å². The number of piperidine rings is 1. The molecule has 1 fully saturated rings. The van der Waals surface area contributed by atoms with Crippen molar-refractivity contribution < 1.29 is 24.5 Å². The zero-order chi connectivity index (χ0) is 29.1. The van der Waals surface area contributed by atoms with Crippen LogP contribution in [0, 0.1) is 0 Å². The fourth-order valence-corrected chi connectivity index (χ4v) is 6.33. The highest BCUT2D eigenvalue weighted by Crippen LogP contribution is 2.46. The number of nitrogens with two attached hydrogens (primary N) is 1. The fourth-order valence-electron chi connectivity index (χ4n) is 3.95. The first-order valence-corrected chi connectivity index (χ1v) is 14.6. The highest BCUT2D eigenvalue weighted by Gasteiger charge is 2.25. The Balaban J connectivity index is 0.00000110. The minimum Gasteiger partial charge on any atom is -0.479 e. The minimum absolute atomic E-state index is 0. The summed E-state index contributed by atoms with van der Waals surface area (Å²) in [5.41, 5.74) is 9.51. The lowest BCUT2D eigenvalue weighted by Gasteiger charge is -2.32. The number of nitrogen functional groups attached to an aromatic ring is 1. The maximum atomic E-state index is 11.7. The monoisotopic (exact) mass is 617 g/mol. The molecule has 0 radical (unpaired) electrons. The van der Waals surface area contributed by atoms with E-state index in [4.69, 9.17) is 27.2 Å². The first-order chi connectivity index (χ1) is 19.2. The van der Waals surface area contributed by atoms with Gasteiger partial charge in [0.05, 0.1) is 4.88 Å². The van der Waals surface area contributed by atoms with Gasteiger partial charge in [-0.3, -0.25) is 4.31 Å². The molecule has 0 amide bonds. The molecule has 0 bridgehead atoms. The van der Waals surface area contributed by atoms with Gasteiger partial charge in [-0.15, -0.1) is 11.3 Å². The fraction of sp³-hybridized carbons (Fsp3) is 0.267. The Kier molecular flexibility index (Phi) is 13.8. The number of nitrogens with zero attached hydrogens (tertiary/aromatic N) is 1. The molecule has 0 aliphatic carbocycles. The molecule has 1 aliphatic heterocycles. The average molecular weight is 618 g/mol. The first-order valence-electron chi connectivity index (χ1n) is 12.4. The van der Waals surface area contributed by atoms with Gasteiger partial charge < -0.3 is 26.0 Å². The molecule has 0 saturated carbocycles. The maximum Gasteiger partial charge on any atom is 0.349 e. The molecule has 0 atom stereocenters. The highest BCUT2D eigenvalue weighted by molar-refractivity contribution is 7.96. The topological polar surface area (TPSA) is 125 Å². The summed E-state index contributed by atoms with van der Waals surface area (Å²) in [6, 6.07) is 15.9. The zero-order valence-electron chi connectivity index (χ0n) is 21.8. The zero-order valence-corrected chi connectivity index (χ0v) is 24.2. The number of hydrogen-bond acceptors (Lipinski definition) is 8. The number of hydrogen-bond donors (Lipinski definition) is 4. The van der Waals surface area contributed by atoms with Crippen LogP contribution in [0.2, 0.25) is 5.02 Å². The second-order valence-corrected chi connectivity index (χ2v) is 11.3. The van der Waals surface area contributed by atoms with Crippen molar-refractivity contribution in [3.63, 3.8) is 0 Å². The molecule has 2 heterocycles. The number of thiophene rings is 1. The van der Waals surface area contributed by atoms with Gasteiger partial charge in [0.15, 0.2) is 17.2 Å². The van der Waals surface area contributed by atoms with Crippen LogP contribution in [0.25, 0.3) is 10.4 Å². The van der Waals surface area contributed by atoms with Gasteiger partial charge >= 0.3 is 11.9 Å². The molecule has 0 unspecified atom stereocenters. The van der Waals surface area contributed by atoms with Gasteiger partial charge in [0.1, 0.15) is 5.02 Å². The average Bonchev–Trinajstić information content (AvgIpc) is 3.28. The summed E-state index contributed by atoms with van der Waals surface area (Å²) in [7, 11) is 0. The molecule has 1 aliphatic rings. The number of anilines is 2. The van der Waals surface area contributed by atoms with Crippen molar-refractivity contribution in [1.29, 1.82) is 0 Å². The van der Waals surface area contributed by atoms with Gasteiger partial charge in [0.25, 0.3) is 0 Å². The molecule has 0 spiro atoms. The molecule has 3 aromatic rings. The molecule has 4 rings (SSSR count). The normalized spacial score (nSPS) is 13.2. The van der Waals surface area contributed by atoms with Gasteiger partial charge in [-0.05, 0) is 48.2 Å². The molecule has 2 aromatic carbocycles. The Morgan fingerprint density at radius 3 is 2.44 bits per heavy atom.